The molecule has 16 heavy (non-hydrogen) atoms. The molecule has 0 amide bonds. The molecule has 0 spiro atoms. The highest BCUT2D eigenvalue weighted by atomic mass is 19.4. The normalized spacial score (nSPS) is 31.3. The van der Waals surface area contributed by atoms with Gasteiger partial charge in [-0.3, -0.25) is 0 Å². The molecular weight excluding hydrogens is 221 g/mol. The van der Waals surface area contributed by atoms with Crippen molar-refractivity contribution < 1.29 is 22.6 Å². The molecule has 1 heterocycles. The van der Waals surface area contributed by atoms with Crippen LogP contribution in [0.4, 0.5) is 13.2 Å². The Morgan fingerprint density at radius 3 is 2.19 bits per heavy atom. The van der Waals surface area contributed by atoms with E-state index in [0.717, 1.165) is 6.42 Å². The summed E-state index contributed by atoms with van der Waals surface area (Å²) in [5, 5.41) is 0. The Morgan fingerprint density at radius 2 is 1.69 bits per heavy atom. The summed E-state index contributed by atoms with van der Waals surface area (Å²) >= 11 is 0. The van der Waals surface area contributed by atoms with Crippen LogP contribution >= 0.6 is 0 Å². The first-order chi connectivity index (χ1) is 7.56. The fourth-order valence-electron chi connectivity index (χ4n) is 2.78. The summed E-state index contributed by atoms with van der Waals surface area (Å²) in [5.74, 6) is 0. The van der Waals surface area contributed by atoms with Gasteiger partial charge in [-0.1, -0.05) is 19.3 Å². The van der Waals surface area contributed by atoms with Crippen LogP contribution in [0.1, 0.15) is 32.1 Å². The average molecular weight is 238 g/mol. The second kappa shape index (κ2) is 4.53. The van der Waals surface area contributed by atoms with Gasteiger partial charge in [-0.15, -0.1) is 0 Å². The molecule has 5 heteroatoms. The zero-order valence-electron chi connectivity index (χ0n) is 9.18. The third kappa shape index (κ3) is 2.07. The Labute approximate surface area is 93.1 Å². The van der Waals surface area contributed by atoms with Gasteiger partial charge in [-0.2, -0.15) is 13.2 Å². The number of hydrogen-bond acceptors (Lipinski definition) is 2. The molecule has 2 nitrogen and oxygen atoms in total. The van der Waals surface area contributed by atoms with Crippen LogP contribution in [0.5, 0.6) is 0 Å². The lowest BCUT2D eigenvalue weighted by Crippen LogP contribution is -2.53. The standard InChI is InChI=1S/C11H17F3O2/c12-11(13,14)10(4-2-1-3-5-10)9-8-15-6-7-16-9/h9H,1-8H2. The quantitative estimate of drug-likeness (QED) is 0.699. The van der Waals surface area contributed by atoms with Gasteiger partial charge in [-0.25, -0.2) is 0 Å². The van der Waals surface area contributed by atoms with E-state index in [4.69, 9.17) is 9.47 Å². The molecule has 0 aromatic heterocycles. The van der Waals surface area contributed by atoms with E-state index in [0.29, 0.717) is 19.4 Å². The van der Waals surface area contributed by atoms with Crippen LogP contribution in [0.15, 0.2) is 0 Å². The molecule has 1 atom stereocenters. The van der Waals surface area contributed by atoms with Crippen LogP contribution in [0, 0.1) is 5.41 Å². The summed E-state index contributed by atoms with van der Waals surface area (Å²) in [5.41, 5.74) is -1.66. The smallest absolute Gasteiger partial charge is 0.376 e. The maximum absolute atomic E-state index is 13.2. The minimum absolute atomic E-state index is 0.0828. The molecule has 0 bridgehead atoms. The fraction of sp³-hybridized carbons (Fsp3) is 1.00. The topological polar surface area (TPSA) is 18.5 Å². The highest BCUT2D eigenvalue weighted by Crippen LogP contribution is 2.52. The Balaban J connectivity index is 2.18. The molecule has 94 valence electrons. The molecule has 1 unspecified atom stereocenters. The van der Waals surface area contributed by atoms with Crippen molar-refractivity contribution in [3.8, 4) is 0 Å². The average Bonchev–Trinajstić information content (AvgIpc) is 2.30. The van der Waals surface area contributed by atoms with E-state index in [9.17, 15) is 13.2 Å². The van der Waals surface area contributed by atoms with Crippen molar-refractivity contribution in [1.29, 1.82) is 0 Å². The molecule has 1 aliphatic carbocycles. The zero-order valence-corrected chi connectivity index (χ0v) is 9.18. The molecule has 0 N–H and O–H groups in total. The third-order valence-corrected chi connectivity index (χ3v) is 3.74. The van der Waals surface area contributed by atoms with E-state index in [2.05, 4.69) is 0 Å². The van der Waals surface area contributed by atoms with Crippen LogP contribution in [0.3, 0.4) is 0 Å². The summed E-state index contributed by atoms with van der Waals surface area (Å²) in [4.78, 5) is 0. The Kier molecular flexibility index (Phi) is 3.45. The molecule has 2 fully saturated rings. The highest BCUT2D eigenvalue weighted by Gasteiger charge is 2.60. The van der Waals surface area contributed by atoms with E-state index in [1.54, 1.807) is 0 Å². The molecule has 1 aliphatic heterocycles. The lowest BCUT2D eigenvalue weighted by atomic mass is 9.69. The number of rotatable bonds is 1. The van der Waals surface area contributed by atoms with Crippen LogP contribution in [-0.4, -0.2) is 32.1 Å². The third-order valence-electron chi connectivity index (χ3n) is 3.74. The summed E-state index contributed by atoms with van der Waals surface area (Å²) in [6.45, 7) is 0.770. The van der Waals surface area contributed by atoms with Gasteiger partial charge in [0.05, 0.1) is 31.3 Å². The monoisotopic (exact) mass is 238 g/mol. The SMILES string of the molecule is FC(F)(F)C1(C2COCCO2)CCCCC1. The van der Waals surface area contributed by atoms with E-state index < -0.39 is 17.7 Å². The minimum atomic E-state index is -4.18. The molecule has 0 radical (unpaired) electrons. The van der Waals surface area contributed by atoms with Crippen LogP contribution in [0.2, 0.25) is 0 Å². The van der Waals surface area contributed by atoms with E-state index in [1.807, 2.05) is 0 Å². The largest absolute Gasteiger partial charge is 0.397 e. The van der Waals surface area contributed by atoms with Gasteiger partial charge in [0.15, 0.2) is 0 Å². The van der Waals surface area contributed by atoms with Gasteiger partial charge in [0.2, 0.25) is 0 Å². The first-order valence-corrected chi connectivity index (χ1v) is 5.82. The lowest BCUT2D eigenvalue weighted by molar-refractivity contribution is -0.289. The molecule has 1 saturated heterocycles. The minimum Gasteiger partial charge on any atom is -0.376 e. The van der Waals surface area contributed by atoms with E-state index in [-0.39, 0.29) is 26.1 Å². The Bertz CT molecular complexity index is 228. The fourth-order valence-corrected chi connectivity index (χ4v) is 2.78. The summed E-state index contributed by atoms with van der Waals surface area (Å²) in [6, 6.07) is 0. The lowest BCUT2D eigenvalue weighted by Gasteiger charge is -2.45. The van der Waals surface area contributed by atoms with Crippen molar-refractivity contribution in [1.82, 2.24) is 0 Å². The second-order valence-electron chi connectivity index (χ2n) is 4.65. The van der Waals surface area contributed by atoms with Gasteiger partial charge < -0.3 is 9.47 Å². The van der Waals surface area contributed by atoms with Crippen LogP contribution in [-0.2, 0) is 9.47 Å². The first kappa shape index (κ1) is 12.2. The van der Waals surface area contributed by atoms with Gasteiger partial charge in [0.1, 0.15) is 0 Å². The maximum atomic E-state index is 13.2. The Hall–Kier alpha value is -0.290. The van der Waals surface area contributed by atoms with E-state index in [1.165, 1.54) is 0 Å². The predicted molar refractivity (Wildman–Crippen MR) is 52.1 cm³/mol. The van der Waals surface area contributed by atoms with Crippen molar-refractivity contribution in [2.24, 2.45) is 5.41 Å². The molecule has 2 aliphatic rings. The number of alkyl halides is 3. The molecule has 0 aromatic rings. The van der Waals surface area contributed by atoms with Gasteiger partial charge in [0.25, 0.3) is 0 Å². The first-order valence-electron chi connectivity index (χ1n) is 5.82. The molecular formula is C11H17F3O2. The predicted octanol–water partition coefficient (Wildman–Crippen LogP) is 2.91. The molecule has 0 aromatic carbocycles. The summed E-state index contributed by atoms with van der Waals surface area (Å²) in [6.07, 6.45) is -2.45. The van der Waals surface area contributed by atoms with Crippen molar-refractivity contribution in [3.63, 3.8) is 0 Å². The second-order valence-corrected chi connectivity index (χ2v) is 4.65. The molecule has 2 rings (SSSR count). The van der Waals surface area contributed by atoms with Gasteiger partial charge in [0, 0.05) is 0 Å². The Morgan fingerprint density at radius 1 is 1.00 bits per heavy atom. The summed E-state index contributed by atoms with van der Waals surface area (Å²) < 4.78 is 50.2. The van der Waals surface area contributed by atoms with Crippen molar-refractivity contribution >= 4 is 0 Å². The van der Waals surface area contributed by atoms with Crippen LogP contribution < -0.4 is 0 Å². The van der Waals surface area contributed by atoms with E-state index >= 15 is 0 Å². The van der Waals surface area contributed by atoms with Gasteiger partial charge in [-0.05, 0) is 12.8 Å². The van der Waals surface area contributed by atoms with Crippen LogP contribution in [0.25, 0.3) is 0 Å². The number of ether oxygens (including phenoxy) is 2. The summed E-state index contributed by atoms with van der Waals surface area (Å²) in [7, 11) is 0. The maximum Gasteiger partial charge on any atom is 0.397 e. The van der Waals surface area contributed by atoms with Crippen molar-refractivity contribution in [2.45, 2.75) is 44.4 Å². The molecule has 1 saturated carbocycles. The number of halogens is 3. The van der Waals surface area contributed by atoms with Crippen molar-refractivity contribution in [3.05, 3.63) is 0 Å². The van der Waals surface area contributed by atoms with Gasteiger partial charge >= 0.3 is 6.18 Å². The zero-order chi connectivity index (χ0) is 11.6. The number of hydrogen-bond donors (Lipinski definition) is 0. The van der Waals surface area contributed by atoms with Crippen molar-refractivity contribution in [2.75, 3.05) is 19.8 Å². The highest BCUT2D eigenvalue weighted by molar-refractivity contribution is 4.96.